The lowest BCUT2D eigenvalue weighted by Gasteiger charge is -2.28. The van der Waals surface area contributed by atoms with Crippen LogP contribution in [0.25, 0.3) is 0 Å². The maximum Gasteiger partial charge on any atom is 0.0229 e. The highest BCUT2D eigenvalue weighted by Gasteiger charge is 2.26. The highest BCUT2D eigenvalue weighted by atomic mass is 32.2. The number of hydrogen-bond donors (Lipinski definition) is 2. The lowest BCUT2D eigenvalue weighted by molar-refractivity contribution is 0.326. The van der Waals surface area contributed by atoms with Crippen LogP contribution in [0.15, 0.2) is 0 Å². The number of hydrogen-bond acceptors (Lipinski definition) is 3. The van der Waals surface area contributed by atoms with Gasteiger partial charge in [-0.1, -0.05) is 25.7 Å². The van der Waals surface area contributed by atoms with Crippen molar-refractivity contribution >= 4 is 11.8 Å². The van der Waals surface area contributed by atoms with Gasteiger partial charge in [-0.3, -0.25) is 0 Å². The molecule has 94 valence electrons. The molecule has 0 bridgehead atoms. The summed E-state index contributed by atoms with van der Waals surface area (Å²) < 4.78 is 0. The van der Waals surface area contributed by atoms with Gasteiger partial charge in [0.1, 0.15) is 0 Å². The quantitative estimate of drug-likeness (QED) is 0.743. The lowest BCUT2D eigenvalue weighted by atomic mass is 9.97. The van der Waals surface area contributed by atoms with Crippen LogP contribution < -0.4 is 11.1 Å². The first-order valence-electron chi connectivity index (χ1n) is 6.94. The van der Waals surface area contributed by atoms with Crippen LogP contribution in [0.2, 0.25) is 0 Å². The summed E-state index contributed by atoms with van der Waals surface area (Å²) in [6.07, 6.45) is 9.80. The normalized spacial score (nSPS) is 30.2. The van der Waals surface area contributed by atoms with Crippen LogP contribution in [0.1, 0.15) is 44.9 Å². The second-order valence-electron chi connectivity index (χ2n) is 5.32. The SMILES string of the molecule is NCC(NC1CCCCCC1)C1CCSC1. The van der Waals surface area contributed by atoms with Crippen LogP contribution >= 0.6 is 11.8 Å². The van der Waals surface area contributed by atoms with Crippen LogP contribution in [0.5, 0.6) is 0 Å². The Morgan fingerprint density at radius 3 is 2.44 bits per heavy atom. The summed E-state index contributed by atoms with van der Waals surface area (Å²) in [7, 11) is 0. The fraction of sp³-hybridized carbons (Fsp3) is 1.00. The molecule has 1 heterocycles. The Hall–Kier alpha value is 0.270. The van der Waals surface area contributed by atoms with E-state index in [2.05, 4.69) is 17.1 Å². The van der Waals surface area contributed by atoms with Gasteiger partial charge in [-0.2, -0.15) is 11.8 Å². The van der Waals surface area contributed by atoms with Crippen LogP contribution in [0, 0.1) is 5.92 Å². The minimum absolute atomic E-state index is 0.582. The van der Waals surface area contributed by atoms with Crippen molar-refractivity contribution in [1.29, 1.82) is 0 Å². The van der Waals surface area contributed by atoms with Gasteiger partial charge in [-0.05, 0) is 36.7 Å². The van der Waals surface area contributed by atoms with Gasteiger partial charge in [-0.25, -0.2) is 0 Å². The molecule has 0 spiro atoms. The Morgan fingerprint density at radius 2 is 1.88 bits per heavy atom. The highest BCUT2D eigenvalue weighted by molar-refractivity contribution is 7.99. The molecule has 1 saturated carbocycles. The highest BCUT2D eigenvalue weighted by Crippen LogP contribution is 2.27. The Labute approximate surface area is 104 Å². The third-order valence-corrected chi connectivity index (χ3v) is 5.28. The lowest BCUT2D eigenvalue weighted by Crippen LogP contribution is -2.47. The first kappa shape index (κ1) is 12.7. The van der Waals surface area contributed by atoms with E-state index in [1.165, 1.54) is 56.5 Å². The minimum atomic E-state index is 0.582. The minimum Gasteiger partial charge on any atom is -0.329 e. The van der Waals surface area contributed by atoms with E-state index in [1.54, 1.807) is 0 Å². The maximum absolute atomic E-state index is 5.94. The van der Waals surface area contributed by atoms with E-state index < -0.39 is 0 Å². The van der Waals surface area contributed by atoms with Crippen LogP contribution in [-0.2, 0) is 0 Å². The zero-order valence-corrected chi connectivity index (χ0v) is 11.1. The molecule has 3 N–H and O–H groups in total. The zero-order valence-electron chi connectivity index (χ0n) is 10.3. The van der Waals surface area contributed by atoms with Crippen molar-refractivity contribution in [2.24, 2.45) is 11.7 Å². The Bertz CT molecular complexity index is 184. The average Bonchev–Trinajstić information content (AvgIpc) is 2.71. The van der Waals surface area contributed by atoms with E-state index in [9.17, 15) is 0 Å². The van der Waals surface area contributed by atoms with Crippen molar-refractivity contribution in [3.63, 3.8) is 0 Å². The first-order chi connectivity index (χ1) is 7.90. The van der Waals surface area contributed by atoms with Gasteiger partial charge >= 0.3 is 0 Å². The number of rotatable bonds is 4. The predicted octanol–water partition coefficient (Wildman–Crippen LogP) is 2.38. The Balaban J connectivity index is 1.79. The van der Waals surface area contributed by atoms with Crippen LogP contribution in [-0.4, -0.2) is 30.1 Å². The molecular formula is C13H26N2S. The van der Waals surface area contributed by atoms with Gasteiger partial charge in [0.05, 0.1) is 0 Å². The fourth-order valence-corrected chi connectivity index (χ4v) is 4.35. The molecule has 1 aliphatic heterocycles. The third-order valence-electron chi connectivity index (χ3n) is 4.09. The fourth-order valence-electron chi connectivity index (χ4n) is 3.02. The molecule has 2 nitrogen and oxygen atoms in total. The largest absolute Gasteiger partial charge is 0.329 e. The molecule has 1 saturated heterocycles. The summed E-state index contributed by atoms with van der Waals surface area (Å²) in [6.45, 7) is 0.821. The van der Waals surface area contributed by atoms with Crippen molar-refractivity contribution in [3.8, 4) is 0 Å². The number of nitrogens with two attached hydrogens (primary N) is 1. The predicted molar refractivity (Wildman–Crippen MR) is 72.9 cm³/mol. The molecule has 3 heteroatoms. The molecule has 2 aliphatic rings. The average molecular weight is 242 g/mol. The molecular weight excluding hydrogens is 216 g/mol. The monoisotopic (exact) mass is 242 g/mol. The van der Waals surface area contributed by atoms with Crippen molar-refractivity contribution in [1.82, 2.24) is 5.32 Å². The summed E-state index contributed by atoms with van der Waals surface area (Å²) in [5.74, 6) is 3.49. The van der Waals surface area contributed by atoms with Crippen LogP contribution in [0.4, 0.5) is 0 Å². The van der Waals surface area contributed by atoms with Crippen molar-refractivity contribution in [3.05, 3.63) is 0 Å². The summed E-state index contributed by atoms with van der Waals surface area (Å²) in [6, 6.07) is 1.33. The second kappa shape index (κ2) is 6.87. The van der Waals surface area contributed by atoms with E-state index in [4.69, 9.17) is 5.73 Å². The van der Waals surface area contributed by atoms with Gasteiger partial charge in [0, 0.05) is 18.6 Å². The second-order valence-corrected chi connectivity index (χ2v) is 6.47. The molecule has 2 fully saturated rings. The molecule has 0 amide bonds. The van der Waals surface area contributed by atoms with Crippen molar-refractivity contribution in [2.45, 2.75) is 57.0 Å². The van der Waals surface area contributed by atoms with E-state index in [0.29, 0.717) is 6.04 Å². The molecule has 2 rings (SSSR count). The topological polar surface area (TPSA) is 38.0 Å². The first-order valence-corrected chi connectivity index (χ1v) is 8.09. The van der Waals surface area contributed by atoms with E-state index >= 15 is 0 Å². The molecule has 0 aromatic carbocycles. The van der Waals surface area contributed by atoms with Crippen molar-refractivity contribution in [2.75, 3.05) is 18.1 Å². The molecule has 2 atom stereocenters. The van der Waals surface area contributed by atoms with E-state index in [0.717, 1.165) is 18.5 Å². The van der Waals surface area contributed by atoms with Gasteiger partial charge in [0.2, 0.25) is 0 Å². The van der Waals surface area contributed by atoms with E-state index in [1.807, 2.05) is 0 Å². The van der Waals surface area contributed by atoms with Gasteiger partial charge in [0.15, 0.2) is 0 Å². The third kappa shape index (κ3) is 3.64. The molecule has 0 aromatic heterocycles. The van der Waals surface area contributed by atoms with Crippen molar-refractivity contribution < 1.29 is 0 Å². The zero-order chi connectivity index (χ0) is 11.2. The van der Waals surface area contributed by atoms with E-state index in [-0.39, 0.29) is 0 Å². The Morgan fingerprint density at radius 1 is 1.12 bits per heavy atom. The molecule has 0 aromatic rings. The summed E-state index contributed by atoms with van der Waals surface area (Å²) in [4.78, 5) is 0. The molecule has 0 radical (unpaired) electrons. The molecule has 16 heavy (non-hydrogen) atoms. The summed E-state index contributed by atoms with van der Waals surface area (Å²) in [5.41, 5.74) is 5.94. The van der Waals surface area contributed by atoms with Gasteiger partial charge < -0.3 is 11.1 Å². The maximum atomic E-state index is 5.94. The number of thioether (sulfide) groups is 1. The number of nitrogens with one attached hydrogen (secondary N) is 1. The van der Waals surface area contributed by atoms with Gasteiger partial charge in [-0.15, -0.1) is 0 Å². The smallest absolute Gasteiger partial charge is 0.0229 e. The van der Waals surface area contributed by atoms with Crippen LogP contribution in [0.3, 0.4) is 0 Å². The van der Waals surface area contributed by atoms with Gasteiger partial charge in [0.25, 0.3) is 0 Å². The molecule has 2 unspecified atom stereocenters. The Kier molecular flexibility index (Phi) is 5.46. The summed E-state index contributed by atoms with van der Waals surface area (Å²) in [5, 5.41) is 3.85. The standard InChI is InChI=1S/C13H26N2S/c14-9-13(11-7-8-16-10-11)15-12-5-3-1-2-4-6-12/h11-13,15H,1-10,14H2. The summed E-state index contributed by atoms with van der Waals surface area (Å²) >= 11 is 2.10. The molecule has 1 aliphatic carbocycles.